The molecule has 4 rings (SSSR count). The lowest BCUT2D eigenvalue weighted by Gasteiger charge is -2.25. The van der Waals surface area contributed by atoms with Gasteiger partial charge in [0.2, 0.25) is 0 Å². The second kappa shape index (κ2) is 10.3. The van der Waals surface area contributed by atoms with E-state index in [0.717, 1.165) is 0 Å². The van der Waals surface area contributed by atoms with Gasteiger partial charge in [-0.15, -0.1) is 0 Å². The van der Waals surface area contributed by atoms with Gasteiger partial charge in [-0.25, -0.2) is 4.39 Å². The molecule has 0 radical (unpaired) electrons. The zero-order chi connectivity index (χ0) is 25.8. The number of carbonyl (C=O) groups excluding carboxylic acids is 2. The van der Waals surface area contributed by atoms with Gasteiger partial charge >= 0.3 is 0 Å². The first-order chi connectivity index (χ1) is 17.4. The Balaban J connectivity index is 1.93. The lowest BCUT2D eigenvalue weighted by Crippen LogP contribution is -2.29. The number of nitrogens with zero attached hydrogens (tertiary/aromatic N) is 2. The molecule has 1 unspecified atom stereocenters. The van der Waals surface area contributed by atoms with E-state index in [4.69, 9.17) is 14.7 Å². The first-order valence-electron chi connectivity index (χ1n) is 11.4. The zero-order valence-corrected chi connectivity index (χ0v) is 19.7. The Hall–Kier alpha value is -4.64. The van der Waals surface area contributed by atoms with Crippen molar-refractivity contribution in [2.24, 2.45) is 0 Å². The summed E-state index contributed by atoms with van der Waals surface area (Å²) in [6, 6.07) is 17.2. The zero-order valence-electron chi connectivity index (χ0n) is 19.7. The van der Waals surface area contributed by atoms with Crippen LogP contribution in [0.2, 0.25) is 0 Å². The molecule has 1 saturated heterocycles. The largest absolute Gasteiger partial charge is 0.507 e. The summed E-state index contributed by atoms with van der Waals surface area (Å²) in [5.74, 6) is -1.87. The van der Waals surface area contributed by atoms with E-state index in [9.17, 15) is 19.1 Å². The summed E-state index contributed by atoms with van der Waals surface area (Å²) >= 11 is 0. The van der Waals surface area contributed by atoms with Crippen LogP contribution in [0.15, 0.2) is 72.3 Å². The molecule has 3 aromatic carbocycles. The summed E-state index contributed by atoms with van der Waals surface area (Å²) in [5, 5.41) is 20.5. The highest BCUT2D eigenvalue weighted by atomic mass is 19.1. The smallest absolute Gasteiger partial charge is 0.300 e. The number of ether oxygens (including phenoxy) is 2. The SMILES string of the molecule is CCOc1ccc(/C(O)=C2/C(=O)C(=O)N(c3ccc(C#N)cc3)C2c2ccc(F)cc2)c(OCC)c1. The lowest BCUT2D eigenvalue weighted by molar-refractivity contribution is -0.132. The Kier molecular flexibility index (Phi) is 7.02. The number of ketones is 1. The quantitative estimate of drug-likeness (QED) is 0.283. The van der Waals surface area contributed by atoms with Crippen molar-refractivity contribution in [1.29, 1.82) is 5.26 Å². The van der Waals surface area contributed by atoms with Crippen LogP contribution in [-0.4, -0.2) is 30.0 Å². The van der Waals surface area contributed by atoms with E-state index >= 15 is 0 Å². The summed E-state index contributed by atoms with van der Waals surface area (Å²) < 4.78 is 24.9. The molecule has 0 spiro atoms. The predicted octanol–water partition coefficient (Wildman–Crippen LogP) is 5.12. The van der Waals surface area contributed by atoms with Gasteiger partial charge < -0.3 is 14.6 Å². The van der Waals surface area contributed by atoms with Gasteiger partial charge in [0.25, 0.3) is 11.7 Å². The van der Waals surface area contributed by atoms with Crippen molar-refractivity contribution in [2.75, 3.05) is 18.1 Å². The van der Waals surface area contributed by atoms with Gasteiger partial charge in [0.1, 0.15) is 23.1 Å². The number of amides is 1. The van der Waals surface area contributed by atoms with Crippen LogP contribution >= 0.6 is 0 Å². The number of Topliss-reactive ketones (excluding diaryl/α,β-unsaturated/α-hetero) is 1. The van der Waals surface area contributed by atoms with Crippen LogP contribution < -0.4 is 14.4 Å². The molecular formula is C28H23FN2O5. The fraction of sp³-hybridized carbons (Fsp3) is 0.179. The third-order valence-electron chi connectivity index (χ3n) is 5.72. The predicted molar refractivity (Wildman–Crippen MR) is 131 cm³/mol. The van der Waals surface area contributed by atoms with E-state index in [1.807, 2.05) is 13.0 Å². The fourth-order valence-electron chi connectivity index (χ4n) is 4.13. The molecule has 1 fully saturated rings. The third kappa shape index (κ3) is 4.51. The second-order valence-electron chi connectivity index (χ2n) is 7.90. The van der Waals surface area contributed by atoms with Gasteiger partial charge in [0.15, 0.2) is 0 Å². The van der Waals surface area contributed by atoms with E-state index in [2.05, 4.69) is 0 Å². The van der Waals surface area contributed by atoms with Gasteiger partial charge in [-0.1, -0.05) is 12.1 Å². The minimum atomic E-state index is -1.04. The lowest BCUT2D eigenvalue weighted by atomic mass is 9.94. The molecule has 36 heavy (non-hydrogen) atoms. The number of nitriles is 1. The molecule has 8 heteroatoms. The van der Waals surface area contributed by atoms with Gasteiger partial charge in [-0.3, -0.25) is 14.5 Å². The Morgan fingerprint density at radius 1 is 1.00 bits per heavy atom. The maximum absolute atomic E-state index is 13.7. The number of halogens is 1. The summed E-state index contributed by atoms with van der Waals surface area (Å²) in [6.07, 6.45) is 0. The standard InChI is InChI=1S/C28H23FN2O5/c1-3-35-21-13-14-22(23(15-21)36-4-2)26(32)24-25(18-7-9-19(29)10-8-18)31(28(34)27(24)33)20-11-5-17(16-30)6-12-20/h5-15,25,32H,3-4H2,1-2H3/b26-24-. The van der Waals surface area contributed by atoms with Crippen molar-refractivity contribution in [1.82, 2.24) is 0 Å². The highest BCUT2D eigenvalue weighted by molar-refractivity contribution is 6.51. The number of aliphatic hydroxyl groups excluding tert-OH is 1. The number of carbonyl (C=O) groups is 2. The van der Waals surface area contributed by atoms with Crippen LogP contribution in [0, 0.1) is 17.1 Å². The van der Waals surface area contributed by atoms with E-state index in [-0.39, 0.29) is 23.5 Å². The summed E-state index contributed by atoms with van der Waals surface area (Å²) in [4.78, 5) is 27.8. The van der Waals surface area contributed by atoms with E-state index in [0.29, 0.717) is 29.2 Å². The number of aliphatic hydroxyl groups is 1. The summed E-state index contributed by atoms with van der Waals surface area (Å²) in [5.41, 5.74) is 1.20. The molecule has 1 aliphatic heterocycles. The van der Waals surface area contributed by atoms with Crippen LogP contribution in [0.4, 0.5) is 10.1 Å². The van der Waals surface area contributed by atoms with Crippen molar-refractivity contribution in [3.8, 4) is 17.6 Å². The molecule has 3 aromatic rings. The van der Waals surface area contributed by atoms with Crippen LogP contribution in [-0.2, 0) is 9.59 Å². The van der Waals surface area contributed by atoms with E-state index in [1.54, 1.807) is 37.3 Å². The molecule has 7 nitrogen and oxygen atoms in total. The minimum absolute atomic E-state index is 0.166. The molecule has 182 valence electrons. The highest BCUT2D eigenvalue weighted by Gasteiger charge is 2.47. The molecule has 1 aliphatic rings. The molecule has 1 amide bonds. The monoisotopic (exact) mass is 486 g/mol. The van der Waals surface area contributed by atoms with Crippen molar-refractivity contribution >= 4 is 23.1 Å². The van der Waals surface area contributed by atoms with Crippen molar-refractivity contribution in [3.05, 3.63) is 94.8 Å². The molecule has 0 saturated carbocycles. The molecule has 1 atom stereocenters. The molecule has 1 heterocycles. The number of rotatable bonds is 7. The number of anilines is 1. The minimum Gasteiger partial charge on any atom is -0.507 e. The van der Waals surface area contributed by atoms with Crippen LogP contribution in [0.1, 0.15) is 36.6 Å². The average molecular weight is 486 g/mol. The first-order valence-corrected chi connectivity index (χ1v) is 11.4. The molecule has 0 aliphatic carbocycles. The Morgan fingerprint density at radius 2 is 1.67 bits per heavy atom. The Bertz CT molecular complexity index is 1370. The van der Waals surface area contributed by atoms with Gasteiger partial charge in [0, 0.05) is 11.8 Å². The van der Waals surface area contributed by atoms with Gasteiger partial charge in [0.05, 0.1) is 42.0 Å². The maximum Gasteiger partial charge on any atom is 0.300 e. The number of benzene rings is 3. The number of hydrogen-bond acceptors (Lipinski definition) is 6. The maximum atomic E-state index is 13.7. The van der Waals surface area contributed by atoms with Gasteiger partial charge in [-0.05, 0) is 67.9 Å². The van der Waals surface area contributed by atoms with Gasteiger partial charge in [-0.2, -0.15) is 5.26 Å². The van der Waals surface area contributed by atoms with Crippen LogP contribution in [0.3, 0.4) is 0 Å². The first kappa shape index (κ1) is 24.5. The Labute approximate surface area is 207 Å². The van der Waals surface area contributed by atoms with Crippen molar-refractivity contribution in [3.63, 3.8) is 0 Å². The molecule has 0 bridgehead atoms. The van der Waals surface area contributed by atoms with E-state index in [1.165, 1.54) is 41.3 Å². The highest BCUT2D eigenvalue weighted by Crippen LogP contribution is 2.43. The van der Waals surface area contributed by atoms with Crippen LogP contribution in [0.5, 0.6) is 11.5 Å². The average Bonchev–Trinajstić information content (AvgIpc) is 3.15. The van der Waals surface area contributed by atoms with E-state index < -0.39 is 29.3 Å². The second-order valence-corrected chi connectivity index (χ2v) is 7.90. The summed E-state index contributed by atoms with van der Waals surface area (Å²) in [6.45, 7) is 4.33. The fourth-order valence-corrected chi connectivity index (χ4v) is 4.13. The van der Waals surface area contributed by atoms with Crippen molar-refractivity contribution in [2.45, 2.75) is 19.9 Å². The summed E-state index contributed by atoms with van der Waals surface area (Å²) in [7, 11) is 0. The topological polar surface area (TPSA) is 99.9 Å². The number of hydrogen-bond donors (Lipinski definition) is 1. The molecule has 0 aromatic heterocycles. The van der Waals surface area contributed by atoms with Crippen molar-refractivity contribution < 1.29 is 28.6 Å². The molecular weight excluding hydrogens is 463 g/mol. The normalized spacial score (nSPS) is 16.6. The Morgan fingerprint density at radius 3 is 2.28 bits per heavy atom. The third-order valence-corrected chi connectivity index (χ3v) is 5.72. The molecule has 1 N–H and O–H groups in total. The van der Waals surface area contributed by atoms with Crippen LogP contribution in [0.25, 0.3) is 5.76 Å².